The largest absolute Gasteiger partial charge is 0.494 e. The van der Waals surface area contributed by atoms with Crippen molar-refractivity contribution >= 4 is 5.57 Å². The quantitative estimate of drug-likeness (QED) is 0.225. The van der Waals surface area contributed by atoms with E-state index in [1.54, 1.807) is 0 Å². The number of unbranched alkanes of at least 4 members (excludes halogenated alkanes) is 2. The van der Waals surface area contributed by atoms with Crippen LogP contribution in [0.1, 0.15) is 74.8 Å². The minimum atomic E-state index is 0.531. The highest BCUT2D eigenvalue weighted by Crippen LogP contribution is 2.36. The first kappa shape index (κ1) is 23.4. The molecule has 2 aromatic carbocycles. The summed E-state index contributed by atoms with van der Waals surface area (Å²) in [5.41, 5.74) is 4.21. The van der Waals surface area contributed by atoms with Gasteiger partial charge in [0, 0.05) is 0 Å². The SMILES string of the molecule is C1=C(c2ccc(OCCCCC3CO3)cc2)CCC(c2ccc(OCCCCC3CO3)cc2)C1. The van der Waals surface area contributed by atoms with Gasteiger partial charge in [0.1, 0.15) is 11.5 Å². The molecule has 5 rings (SSSR count). The lowest BCUT2D eigenvalue weighted by atomic mass is 9.83. The number of rotatable bonds is 14. The number of ether oxygens (including phenoxy) is 4. The predicted molar refractivity (Wildman–Crippen MR) is 136 cm³/mol. The van der Waals surface area contributed by atoms with Crippen molar-refractivity contribution in [3.8, 4) is 11.5 Å². The van der Waals surface area contributed by atoms with Gasteiger partial charge in [-0.2, -0.15) is 0 Å². The third kappa shape index (κ3) is 7.35. The maximum absolute atomic E-state index is 5.92. The van der Waals surface area contributed by atoms with E-state index in [4.69, 9.17) is 18.9 Å². The molecule has 34 heavy (non-hydrogen) atoms. The monoisotopic (exact) mass is 462 g/mol. The van der Waals surface area contributed by atoms with Crippen LogP contribution in [0.3, 0.4) is 0 Å². The van der Waals surface area contributed by atoms with Crippen LogP contribution in [0.2, 0.25) is 0 Å². The molecule has 2 fully saturated rings. The van der Waals surface area contributed by atoms with E-state index in [1.165, 1.54) is 48.8 Å². The molecule has 2 aliphatic heterocycles. The first-order valence-corrected chi connectivity index (χ1v) is 13.2. The summed E-state index contributed by atoms with van der Waals surface area (Å²) in [6, 6.07) is 17.4. The maximum atomic E-state index is 5.92. The minimum absolute atomic E-state index is 0.531. The lowest BCUT2D eigenvalue weighted by Crippen LogP contribution is -2.04. The molecular weight excluding hydrogens is 424 g/mol. The molecule has 1 aliphatic carbocycles. The Labute approximate surface area is 204 Å². The predicted octanol–water partition coefficient (Wildman–Crippen LogP) is 6.93. The van der Waals surface area contributed by atoms with Gasteiger partial charge in [0.05, 0.1) is 38.6 Å². The molecular formula is C30H38O4. The van der Waals surface area contributed by atoms with Gasteiger partial charge < -0.3 is 18.9 Å². The fraction of sp³-hybridized carbons (Fsp3) is 0.533. The van der Waals surface area contributed by atoms with Gasteiger partial charge in [-0.1, -0.05) is 30.3 Å². The van der Waals surface area contributed by atoms with Gasteiger partial charge in [-0.3, -0.25) is 0 Å². The average Bonchev–Trinajstić information content (AvgIpc) is 3.81. The molecule has 3 unspecified atom stereocenters. The van der Waals surface area contributed by atoms with Crippen molar-refractivity contribution in [3.05, 3.63) is 65.7 Å². The zero-order valence-corrected chi connectivity index (χ0v) is 20.3. The van der Waals surface area contributed by atoms with Crippen LogP contribution in [0.5, 0.6) is 11.5 Å². The highest BCUT2D eigenvalue weighted by atomic mass is 16.6. The number of benzene rings is 2. The van der Waals surface area contributed by atoms with Crippen molar-refractivity contribution < 1.29 is 18.9 Å². The Balaban J connectivity index is 1.03. The first-order chi connectivity index (χ1) is 16.8. The molecule has 4 heteroatoms. The van der Waals surface area contributed by atoms with Gasteiger partial charge >= 0.3 is 0 Å². The van der Waals surface area contributed by atoms with E-state index in [1.807, 2.05) is 0 Å². The van der Waals surface area contributed by atoms with Crippen LogP contribution in [0.25, 0.3) is 5.57 Å². The fourth-order valence-corrected chi connectivity index (χ4v) is 4.80. The van der Waals surface area contributed by atoms with E-state index >= 15 is 0 Å². The zero-order chi connectivity index (χ0) is 23.0. The van der Waals surface area contributed by atoms with Crippen LogP contribution in [-0.2, 0) is 9.47 Å². The molecule has 0 N–H and O–H groups in total. The Morgan fingerprint density at radius 1 is 0.706 bits per heavy atom. The summed E-state index contributed by atoms with van der Waals surface area (Å²) in [4.78, 5) is 0. The van der Waals surface area contributed by atoms with Gasteiger partial charge in [0.2, 0.25) is 0 Å². The van der Waals surface area contributed by atoms with Crippen molar-refractivity contribution in [1.82, 2.24) is 0 Å². The molecule has 0 aromatic heterocycles. The highest BCUT2D eigenvalue weighted by molar-refractivity contribution is 5.67. The molecule has 2 saturated heterocycles. The van der Waals surface area contributed by atoms with Crippen LogP contribution in [0.15, 0.2) is 54.6 Å². The molecule has 4 nitrogen and oxygen atoms in total. The smallest absolute Gasteiger partial charge is 0.119 e. The van der Waals surface area contributed by atoms with E-state index in [9.17, 15) is 0 Å². The molecule has 0 radical (unpaired) electrons. The second-order valence-electron chi connectivity index (χ2n) is 9.89. The number of allylic oxidation sites excluding steroid dienone is 2. The van der Waals surface area contributed by atoms with Crippen molar-refractivity contribution in [2.45, 2.75) is 75.9 Å². The summed E-state index contributed by atoms with van der Waals surface area (Å²) < 4.78 is 22.3. The van der Waals surface area contributed by atoms with E-state index in [0.29, 0.717) is 18.1 Å². The van der Waals surface area contributed by atoms with Gasteiger partial charge in [-0.25, -0.2) is 0 Å². The molecule has 182 valence electrons. The van der Waals surface area contributed by atoms with E-state index in [0.717, 1.165) is 63.6 Å². The van der Waals surface area contributed by atoms with Gasteiger partial charge in [-0.05, 0) is 105 Å². The Kier molecular flexibility index (Phi) is 8.21. The normalized spacial score (nSPS) is 23.3. The molecule has 0 spiro atoms. The molecule has 3 atom stereocenters. The lowest BCUT2D eigenvalue weighted by Gasteiger charge is -2.23. The van der Waals surface area contributed by atoms with E-state index < -0.39 is 0 Å². The number of epoxide rings is 2. The second kappa shape index (κ2) is 11.9. The standard InChI is InChI=1S/C30H38O4/c1(5-29-21-33-29)3-19-31-27-15-11-25(12-16-27)23-7-9-24(10-8-23)26-13-17-28(18-14-26)32-20-4-2-6-30-22-34-30/h7,11-18,24,29-30H,1-6,8-10,19-22H2. The number of hydrogen-bond acceptors (Lipinski definition) is 4. The molecule has 2 heterocycles. The summed E-state index contributed by atoms with van der Waals surface area (Å²) in [6.07, 6.45) is 13.8. The van der Waals surface area contributed by atoms with Crippen LogP contribution in [0.4, 0.5) is 0 Å². The summed E-state index contributed by atoms with van der Waals surface area (Å²) in [5.74, 6) is 2.55. The number of hydrogen-bond donors (Lipinski definition) is 0. The van der Waals surface area contributed by atoms with E-state index in [-0.39, 0.29) is 0 Å². The van der Waals surface area contributed by atoms with Gasteiger partial charge in [-0.15, -0.1) is 0 Å². The fourth-order valence-electron chi connectivity index (χ4n) is 4.80. The average molecular weight is 463 g/mol. The maximum Gasteiger partial charge on any atom is 0.119 e. The summed E-state index contributed by atoms with van der Waals surface area (Å²) in [7, 11) is 0. The summed E-state index contributed by atoms with van der Waals surface area (Å²) >= 11 is 0. The van der Waals surface area contributed by atoms with Crippen molar-refractivity contribution in [3.63, 3.8) is 0 Å². The van der Waals surface area contributed by atoms with E-state index in [2.05, 4.69) is 54.6 Å². The molecule has 0 saturated carbocycles. The van der Waals surface area contributed by atoms with Gasteiger partial charge in [0.15, 0.2) is 0 Å². The summed E-state index contributed by atoms with van der Waals surface area (Å²) in [6.45, 7) is 3.49. The Bertz CT molecular complexity index is 910. The zero-order valence-electron chi connectivity index (χ0n) is 20.3. The van der Waals surface area contributed by atoms with Crippen LogP contribution >= 0.6 is 0 Å². The third-order valence-corrected chi connectivity index (χ3v) is 7.17. The summed E-state index contributed by atoms with van der Waals surface area (Å²) in [5, 5.41) is 0. The topological polar surface area (TPSA) is 43.5 Å². The van der Waals surface area contributed by atoms with Crippen molar-refractivity contribution in [2.75, 3.05) is 26.4 Å². The molecule has 0 amide bonds. The lowest BCUT2D eigenvalue weighted by molar-refractivity contribution is 0.299. The Morgan fingerprint density at radius 3 is 1.76 bits per heavy atom. The van der Waals surface area contributed by atoms with Crippen molar-refractivity contribution in [1.29, 1.82) is 0 Å². The van der Waals surface area contributed by atoms with Crippen molar-refractivity contribution in [2.24, 2.45) is 0 Å². The highest BCUT2D eigenvalue weighted by Gasteiger charge is 2.22. The van der Waals surface area contributed by atoms with Crippen LogP contribution < -0.4 is 9.47 Å². The molecule has 3 aliphatic rings. The third-order valence-electron chi connectivity index (χ3n) is 7.17. The first-order valence-electron chi connectivity index (χ1n) is 13.2. The Hall–Kier alpha value is -2.30. The second-order valence-corrected chi connectivity index (χ2v) is 9.89. The minimum Gasteiger partial charge on any atom is -0.494 e. The molecule has 0 bridgehead atoms. The molecule has 2 aromatic rings. The van der Waals surface area contributed by atoms with Crippen LogP contribution in [-0.4, -0.2) is 38.6 Å². The van der Waals surface area contributed by atoms with Gasteiger partial charge in [0.25, 0.3) is 0 Å². The Morgan fingerprint density at radius 2 is 1.26 bits per heavy atom. The van der Waals surface area contributed by atoms with Crippen LogP contribution in [0, 0.1) is 0 Å².